The molecule has 156 valence electrons. The fourth-order valence-corrected chi connectivity index (χ4v) is 4.86. The van der Waals surface area contributed by atoms with Crippen LogP contribution in [0.3, 0.4) is 0 Å². The number of rotatable bonds is 5. The van der Waals surface area contributed by atoms with Crippen LogP contribution in [0.25, 0.3) is 0 Å². The van der Waals surface area contributed by atoms with Crippen LogP contribution < -0.4 is 5.32 Å². The Morgan fingerprint density at radius 2 is 1.90 bits per heavy atom. The molecule has 0 aliphatic carbocycles. The van der Waals surface area contributed by atoms with Gasteiger partial charge >= 0.3 is 6.03 Å². The van der Waals surface area contributed by atoms with Crippen molar-refractivity contribution in [2.24, 2.45) is 5.41 Å². The third kappa shape index (κ3) is 4.23. The molecule has 3 fully saturated rings. The molecule has 1 spiro atoms. The molecule has 0 bridgehead atoms. The van der Waals surface area contributed by atoms with E-state index in [4.69, 9.17) is 0 Å². The second kappa shape index (κ2) is 8.05. The van der Waals surface area contributed by atoms with Crippen LogP contribution in [0.1, 0.15) is 31.2 Å². The van der Waals surface area contributed by atoms with Crippen molar-refractivity contribution < 1.29 is 14.4 Å². The van der Waals surface area contributed by atoms with Gasteiger partial charge in [-0.2, -0.15) is 0 Å². The second-order valence-corrected chi connectivity index (χ2v) is 8.79. The normalized spacial score (nSPS) is 23.8. The Labute approximate surface area is 172 Å². The number of carbonyl (C=O) groups excluding carboxylic acids is 3. The highest BCUT2D eigenvalue weighted by Crippen LogP contribution is 2.41. The molecule has 3 aliphatic heterocycles. The average Bonchev–Trinajstić information content (AvgIpc) is 3.21. The van der Waals surface area contributed by atoms with Crippen molar-refractivity contribution in [3.8, 4) is 0 Å². The lowest BCUT2D eigenvalue weighted by atomic mass is 9.77. The minimum atomic E-state index is -0.443. The number of hydrogen-bond acceptors (Lipinski definition) is 3. The Bertz CT molecular complexity index is 774. The highest BCUT2D eigenvalue weighted by atomic mass is 16.2. The lowest BCUT2D eigenvalue weighted by molar-refractivity contribution is -0.135. The smallest absolute Gasteiger partial charge is 0.317 e. The van der Waals surface area contributed by atoms with Crippen LogP contribution >= 0.6 is 0 Å². The van der Waals surface area contributed by atoms with Crippen molar-refractivity contribution in [3.63, 3.8) is 0 Å². The van der Waals surface area contributed by atoms with Crippen LogP contribution in [0.2, 0.25) is 0 Å². The zero-order valence-corrected chi connectivity index (χ0v) is 17.1. The molecule has 0 aromatic heterocycles. The zero-order valence-electron chi connectivity index (χ0n) is 17.1. The molecule has 0 saturated carbocycles. The number of hydrogen-bond donors (Lipinski definition) is 1. The van der Waals surface area contributed by atoms with Crippen molar-refractivity contribution >= 4 is 17.8 Å². The third-order valence-corrected chi connectivity index (χ3v) is 6.68. The monoisotopic (exact) mass is 398 g/mol. The molecule has 0 unspecified atom stereocenters. The number of nitrogens with one attached hydrogen (secondary N) is 1. The topological polar surface area (TPSA) is 73.0 Å². The van der Waals surface area contributed by atoms with Crippen molar-refractivity contribution in [3.05, 3.63) is 35.9 Å². The molecule has 0 radical (unpaired) electrons. The number of likely N-dealkylation sites (N-methyl/N-ethyl adjacent to an activating group) is 1. The Morgan fingerprint density at radius 1 is 1.17 bits per heavy atom. The van der Waals surface area contributed by atoms with Crippen LogP contribution in [0.5, 0.6) is 0 Å². The lowest BCUT2D eigenvalue weighted by Crippen LogP contribution is -2.50. The molecule has 29 heavy (non-hydrogen) atoms. The van der Waals surface area contributed by atoms with Crippen LogP contribution in [0.4, 0.5) is 4.79 Å². The van der Waals surface area contributed by atoms with Crippen LogP contribution in [-0.2, 0) is 16.0 Å². The Morgan fingerprint density at radius 3 is 2.55 bits per heavy atom. The average molecular weight is 399 g/mol. The van der Waals surface area contributed by atoms with E-state index in [0.717, 1.165) is 38.8 Å². The molecule has 1 aromatic carbocycles. The summed E-state index contributed by atoms with van der Waals surface area (Å²) in [6.07, 6.45) is 4.28. The molecule has 1 N–H and O–H groups in total. The van der Waals surface area contributed by atoms with Crippen molar-refractivity contribution in [1.82, 2.24) is 20.0 Å². The molecule has 3 saturated heterocycles. The number of piperidine rings is 1. The first-order chi connectivity index (χ1) is 14.0. The summed E-state index contributed by atoms with van der Waals surface area (Å²) in [6, 6.07) is 9.75. The van der Waals surface area contributed by atoms with Crippen LogP contribution in [0, 0.1) is 5.41 Å². The van der Waals surface area contributed by atoms with Gasteiger partial charge in [-0.05, 0) is 31.2 Å². The van der Waals surface area contributed by atoms with Gasteiger partial charge in [0.25, 0.3) is 0 Å². The van der Waals surface area contributed by atoms with Gasteiger partial charge in [-0.15, -0.1) is 0 Å². The molecule has 3 aliphatic rings. The SMILES string of the molecule is CN1C[C@H](C(=O)N2CCC3(CC2)CC(=O)N(CCCc2ccccc2)C3)NC1=O. The van der Waals surface area contributed by atoms with E-state index in [1.807, 2.05) is 15.9 Å². The Balaban J connectivity index is 1.26. The van der Waals surface area contributed by atoms with Crippen molar-refractivity contribution in [2.45, 2.75) is 38.1 Å². The number of aryl methyl sites for hydroxylation is 1. The number of carbonyl (C=O) groups is 3. The summed E-state index contributed by atoms with van der Waals surface area (Å²) in [5, 5.41) is 2.75. The summed E-state index contributed by atoms with van der Waals surface area (Å²) in [4.78, 5) is 42.3. The largest absolute Gasteiger partial charge is 0.342 e. The van der Waals surface area contributed by atoms with E-state index in [-0.39, 0.29) is 23.3 Å². The van der Waals surface area contributed by atoms with Gasteiger partial charge in [0.15, 0.2) is 0 Å². The molecule has 7 heteroatoms. The molecule has 1 aromatic rings. The van der Waals surface area contributed by atoms with E-state index < -0.39 is 6.04 Å². The van der Waals surface area contributed by atoms with Crippen LogP contribution in [0.15, 0.2) is 30.3 Å². The van der Waals surface area contributed by atoms with Crippen molar-refractivity contribution in [1.29, 1.82) is 0 Å². The predicted molar refractivity (Wildman–Crippen MR) is 109 cm³/mol. The minimum absolute atomic E-state index is 0.00147. The quantitative estimate of drug-likeness (QED) is 0.817. The number of amides is 4. The predicted octanol–water partition coefficient (Wildman–Crippen LogP) is 1.48. The maximum absolute atomic E-state index is 12.7. The lowest BCUT2D eigenvalue weighted by Gasteiger charge is -2.39. The first kappa shape index (κ1) is 19.7. The summed E-state index contributed by atoms with van der Waals surface area (Å²) in [5.74, 6) is 0.254. The minimum Gasteiger partial charge on any atom is -0.342 e. The number of likely N-dealkylation sites (tertiary alicyclic amines) is 2. The molecule has 4 amide bonds. The zero-order chi connectivity index (χ0) is 20.4. The summed E-state index contributed by atoms with van der Waals surface area (Å²) >= 11 is 0. The summed E-state index contributed by atoms with van der Waals surface area (Å²) in [5.41, 5.74) is 1.32. The highest BCUT2D eigenvalue weighted by Gasteiger charge is 2.46. The molecule has 4 rings (SSSR count). The Kier molecular flexibility index (Phi) is 5.48. The van der Waals surface area contributed by atoms with Gasteiger partial charge < -0.3 is 20.0 Å². The molecule has 1 atom stereocenters. The third-order valence-electron chi connectivity index (χ3n) is 6.68. The van der Waals surface area contributed by atoms with Crippen molar-refractivity contribution in [2.75, 3.05) is 39.8 Å². The van der Waals surface area contributed by atoms with E-state index in [1.165, 1.54) is 10.5 Å². The maximum atomic E-state index is 12.7. The van der Waals surface area contributed by atoms with E-state index in [9.17, 15) is 14.4 Å². The van der Waals surface area contributed by atoms with Gasteiger partial charge in [-0.1, -0.05) is 30.3 Å². The maximum Gasteiger partial charge on any atom is 0.317 e. The number of urea groups is 1. The fraction of sp³-hybridized carbons (Fsp3) is 0.591. The van der Waals surface area contributed by atoms with Gasteiger partial charge in [0.05, 0.1) is 6.54 Å². The van der Waals surface area contributed by atoms with E-state index in [0.29, 0.717) is 26.1 Å². The molecular formula is C22H30N4O3. The second-order valence-electron chi connectivity index (χ2n) is 8.79. The fourth-order valence-electron chi connectivity index (χ4n) is 4.86. The first-order valence-electron chi connectivity index (χ1n) is 10.6. The van der Waals surface area contributed by atoms with Gasteiger partial charge in [0, 0.05) is 45.1 Å². The number of benzene rings is 1. The molecule has 3 heterocycles. The van der Waals surface area contributed by atoms with Crippen LogP contribution in [-0.4, -0.2) is 78.4 Å². The van der Waals surface area contributed by atoms with Gasteiger partial charge in [-0.25, -0.2) is 4.79 Å². The first-order valence-corrected chi connectivity index (χ1v) is 10.6. The van der Waals surface area contributed by atoms with E-state index in [1.54, 1.807) is 7.05 Å². The molecular weight excluding hydrogens is 368 g/mol. The summed E-state index contributed by atoms with van der Waals surface area (Å²) in [6.45, 7) is 3.37. The Hall–Kier alpha value is -2.57. The van der Waals surface area contributed by atoms with Gasteiger partial charge in [0.1, 0.15) is 6.04 Å². The molecule has 7 nitrogen and oxygen atoms in total. The summed E-state index contributed by atoms with van der Waals surface area (Å²) in [7, 11) is 1.70. The number of nitrogens with zero attached hydrogens (tertiary/aromatic N) is 3. The van der Waals surface area contributed by atoms with E-state index in [2.05, 4.69) is 29.6 Å². The van der Waals surface area contributed by atoms with Gasteiger partial charge in [0.2, 0.25) is 11.8 Å². The van der Waals surface area contributed by atoms with E-state index >= 15 is 0 Å². The highest BCUT2D eigenvalue weighted by molar-refractivity contribution is 5.90. The van der Waals surface area contributed by atoms with Gasteiger partial charge in [-0.3, -0.25) is 9.59 Å². The summed E-state index contributed by atoms with van der Waals surface area (Å²) < 4.78 is 0. The standard InChI is InChI=1S/C22H30N4O3/c1-24-15-18(23-21(24)29)20(28)25-12-9-22(10-13-25)14-19(27)26(16-22)11-5-8-17-6-3-2-4-7-17/h2-4,6-7,18H,5,8-16H2,1H3,(H,23,29)/t18-/m1/s1.